The van der Waals surface area contributed by atoms with Crippen LogP contribution < -0.4 is 10.0 Å². The highest BCUT2D eigenvalue weighted by atomic mass is 32.2. The van der Waals surface area contributed by atoms with Gasteiger partial charge in [-0.3, -0.25) is 9.48 Å². The van der Waals surface area contributed by atoms with E-state index >= 15 is 0 Å². The lowest BCUT2D eigenvalue weighted by molar-refractivity contribution is -0.121. The van der Waals surface area contributed by atoms with Crippen molar-refractivity contribution in [1.82, 2.24) is 19.8 Å². The van der Waals surface area contributed by atoms with Gasteiger partial charge in [0.05, 0.1) is 22.7 Å². The predicted molar refractivity (Wildman–Crippen MR) is 104 cm³/mol. The number of hydrogen-bond acceptors (Lipinski definition) is 4. The van der Waals surface area contributed by atoms with Crippen LogP contribution >= 0.6 is 0 Å². The topological polar surface area (TPSA) is 93.1 Å². The van der Waals surface area contributed by atoms with Crippen LogP contribution in [0.4, 0.5) is 0 Å². The van der Waals surface area contributed by atoms with Crippen LogP contribution in [-0.2, 0) is 28.4 Å². The van der Waals surface area contributed by atoms with Gasteiger partial charge >= 0.3 is 0 Å². The first-order valence-corrected chi connectivity index (χ1v) is 10.1. The van der Waals surface area contributed by atoms with Gasteiger partial charge in [-0.1, -0.05) is 35.9 Å². The lowest BCUT2D eigenvalue weighted by atomic mass is 10.2. The van der Waals surface area contributed by atoms with Gasteiger partial charge < -0.3 is 5.32 Å². The van der Waals surface area contributed by atoms with Gasteiger partial charge in [-0.05, 0) is 25.1 Å². The van der Waals surface area contributed by atoms with Gasteiger partial charge in [0.2, 0.25) is 15.9 Å². The van der Waals surface area contributed by atoms with E-state index in [2.05, 4.69) is 15.1 Å². The number of rotatable bonds is 7. The number of nitrogens with one attached hydrogen (secondary N) is 2. The summed E-state index contributed by atoms with van der Waals surface area (Å²) in [6, 6.07) is 14.3. The fourth-order valence-corrected chi connectivity index (χ4v) is 3.82. The van der Waals surface area contributed by atoms with Gasteiger partial charge in [-0.15, -0.1) is 0 Å². The van der Waals surface area contributed by atoms with Crippen molar-refractivity contribution in [1.29, 1.82) is 0 Å². The summed E-state index contributed by atoms with van der Waals surface area (Å²) in [4.78, 5) is 12.2. The third-order valence-electron chi connectivity index (χ3n) is 4.26. The molecule has 2 N–H and O–H groups in total. The van der Waals surface area contributed by atoms with E-state index in [0.717, 1.165) is 22.2 Å². The fourth-order valence-electron chi connectivity index (χ4n) is 2.79. The van der Waals surface area contributed by atoms with Crippen molar-refractivity contribution in [2.24, 2.45) is 7.05 Å². The third kappa shape index (κ3) is 4.53. The maximum absolute atomic E-state index is 12.2. The van der Waals surface area contributed by atoms with E-state index in [0.29, 0.717) is 6.54 Å². The van der Waals surface area contributed by atoms with Gasteiger partial charge in [0.25, 0.3) is 0 Å². The summed E-state index contributed by atoms with van der Waals surface area (Å²) >= 11 is 0. The van der Waals surface area contributed by atoms with Crippen molar-refractivity contribution < 1.29 is 13.2 Å². The van der Waals surface area contributed by atoms with Crippen molar-refractivity contribution in [2.75, 3.05) is 6.54 Å². The first-order chi connectivity index (χ1) is 12.9. The van der Waals surface area contributed by atoms with Crippen LogP contribution in [0.1, 0.15) is 17.7 Å². The minimum atomic E-state index is -3.61. The van der Waals surface area contributed by atoms with E-state index in [4.69, 9.17) is 0 Å². The van der Waals surface area contributed by atoms with Crippen molar-refractivity contribution in [3.05, 3.63) is 59.8 Å². The number of sulfonamides is 1. The maximum Gasteiger partial charge on any atom is 0.240 e. The van der Waals surface area contributed by atoms with Crippen LogP contribution in [0.3, 0.4) is 0 Å². The highest BCUT2D eigenvalue weighted by molar-refractivity contribution is 7.89. The quantitative estimate of drug-likeness (QED) is 0.648. The summed E-state index contributed by atoms with van der Waals surface area (Å²) < 4.78 is 28.6. The fraction of sp³-hybridized carbons (Fsp3) is 0.263. The number of aromatic nitrogens is 2. The zero-order valence-corrected chi connectivity index (χ0v) is 16.1. The smallest absolute Gasteiger partial charge is 0.240 e. The van der Waals surface area contributed by atoms with Gasteiger partial charge in [0.1, 0.15) is 0 Å². The summed E-state index contributed by atoms with van der Waals surface area (Å²) in [5, 5.41) is 8.19. The number of carbonyl (C=O) groups is 1. The Labute approximate surface area is 158 Å². The summed E-state index contributed by atoms with van der Waals surface area (Å²) in [7, 11) is -1.76. The molecule has 0 unspecified atom stereocenters. The molecule has 27 heavy (non-hydrogen) atoms. The van der Waals surface area contributed by atoms with Crippen molar-refractivity contribution >= 4 is 26.8 Å². The summed E-state index contributed by atoms with van der Waals surface area (Å²) in [6.45, 7) is 2.22. The molecule has 0 bridgehead atoms. The second-order valence-corrected chi connectivity index (χ2v) is 8.09. The molecule has 3 rings (SSSR count). The zero-order chi connectivity index (χ0) is 19.4. The summed E-state index contributed by atoms with van der Waals surface area (Å²) in [6.07, 6.45) is 0.0514. The Morgan fingerprint density at radius 2 is 1.81 bits per heavy atom. The minimum absolute atomic E-state index is 0.0327. The number of carbonyl (C=O) groups excluding carboxylic acids is 1. The average Bonchev–Trinajstić information content (AvgIpc) is 2.96. The molecule has 0 aliphatic carbocycles. The molecule has 0 saturated carbocycles. The molecule has 7 nitrogen and oxygen atoms in total. The lowest BCUT2D eigenvalue weighted by Gasteiger charge is -2.07. The molecule has 0 fully saturated rings. The predicted octanol–water partition coefficient (Wildman–Crippen LogP) is 1.87. The number of fused-ring (bicyclic) bond motifs is 1. The van der Waals surface area contributed by atoms with Crippen molar-refractivity contribution in [3.63, 3.8) is 0 Å². The molecule has 0 saturated heterocycles. The lowest BCUT2D eigenvalue weighted by Crippen LogP contribution is -2.30. The van der Waals surface area contributed by atoms with Crippen LogP contribution in [0.5, 0.6) is 0 Å². The Morgan fingerprint density at radius 1 is 1.11 bits per heavy atom. The Hall–Kier alpha value is -2.71. The molecule has 8 heteroatoms. The van der Waals surface area contributed by atoms with Gasteiger partial charge in [0, 0.05) is 25.4 Å². The Balaban J connectivity index is 1.52. The molecule has 0 aliphatic heterocycles. The number of benzene rings is 2. The molecule has 1 aromatic heterocycles. The van der Waals surface area contributed by atoms with E-state index in [-0.39, 0.29) is 23.8 Å². The Morgan fingerprint density at radius 3 is 2.56 bits per heavy atom. The number of nitrogens with zero attached hydrogens (tertiary/aromatic N) is 2. The van der Waals surface area contributed by atoms with Crippen molar-refractivity contribution in [3.8, 4) is 0 Å². The largest absolute Gasteiger partial charge is 0.350 e. The standard InChI is InChI=1S/C19H22N4O3S/c1-14-7-9-15(10-8-14)27(25,26)21-12-11-19(24)20-13-17-16-5-3-4-6-18(16)23(2)22-17/h3-10,21H,11-13H2,1-2H3,(H,20,24). The number of aryl methyl sites for hydroxylation is 2. The van der Waals surface area contributed by atoms with E-state index in [9.17, 15) is 13.2 Å². The second kappa shape index (κ2) is 7.89. The maximum atomic E-state index is 12.2. The van der Waals surface area contributed by atoms with E-state index < -0.39 is 10.0 Å². The van der Waals surface area contributed by atoms with Gasteiger partial charge in [-0.2, -0.15) is 5.10 Å². The molecule has 0 spiro atoms. The van der Waals surface area contributed by atoms with Crippen LogP contribution in [0, 0.1) is 6.92 Å². The van der Waals surface area contributed by atoms with Gasteiger partial charge in [0.15, 0.2) is 0 Å². The van der Waals surface area contributed by atoms with Crippen LogP contribution in [0.25, 0.3) is 10.9 Å². The van der Waals surface area contributed by atoms with Crippen LogP contribution in [0.2, 0.25) is 0 Å². The van der Waals surface area contributed by atoms with Crippen LogP contribution in [0.15, 0.2) is 53.4 Å². The molecule has 2 aromatic carbocycles. The minimum Gasteiger partial charge on any atom is -0.350 e. The Kier molecular flexibility index (Phi) is 5.57. The highest BCUT2D eigenvalue weighted by Crippen LogP contribution is 2.17. The second-order valence-electron chi connectivity index (χ2n) is 6.33. The molecule has 0 aliphatic rings. The number of para-hydroxylation sites is 1. The first kappa shape index (κ1) is 19.1. The average molecular weight is 386 g/mol. The third-order valence-corrected chi connectivity index (χ3v) is 5.74. The first-order valence-electron chi connectivity index (χ1n) is 8.60. The molecule has 0 radical (unpaired) electrons. The molecular weight excluding hydrogens is 364 g/mol. The number of amides is 1. The van der Waals surface area contributed by atoms with E-state index in [1.165, 1.54) is 0 Å². The Bertz CT molecular complexity index is 1060. The zero-order valence-electron chi connectivity index (χ0n) is 15.3. The molecule has 142 valence electrons. The van der Waals surface area contributed by atoms with Crippen LogP contribution in [-0.4, -0.2) is 30.7 Å². The normalized spacial score (nSPS) is 11.6. The highest BCUT2D eigenvalue weighted by Gasteiger charge is 2.14. The van der Waals surface area contributed by atoms with Crippen molar-refractivity contribution in [2.45, 2.75) is 24.8 Å². The molecule has 1 heterocycles. The van der Waals surface area contributed by atoms with Gasteiger partial charge in [-0.25, -0.2) is 13.1 Å². The van der Waals surface area contributed by atoms with E-state index in [1.54, 1.807) is 28.9 Å². The SMILES string of the molecule is Cc1ccc(S(=O)(=O)NCCC(=O)NCc2nn(C)c3ccccc23)cc1. The molecule has 0 atom stereocenters. The molecular formula is C19H22N4O3S. The summed E-state index contributed by atoms with van der Waals surface area (Å²) in [5.41, 5.74) is 2.75. The summed E-state index contributed by atoms with van der Waals surface area (Å²) in [5.74, 6) is -0.239. The molecule has 1 amide bonds. The number of hydrogen-bond donors (Lipinski definition) is 2. The monoisotopic (exact) mass is 386 g/mol. The molecule has 3 aromatic rings. The van der Waals surface area contributed by atoms with E-state index in [1.807, 2.05) is 38.2 Å².